The number of benzene rings is 2. The van der Waals surface area contributed by atoms with E-state index < -0.39 is 0 Å². The number of rotatable bonds is 6. The van der Waals surface area contributed by atoms with Crippen LogP contribution in [0.15, 0.2) is 88.1 Å². The molecule has 26 heavy (non-hydrogen) atoms. The number of furan rings is 1. The van der Waals surface area contributed by atoms with E-state index in [4.69, 9.17) is 8.83 Å². The van der Waals surface area contributed by atoms with Crippen LogP contribution in [0.3, 0.4) is 0 Å². The van der Waals surface area contributed by atoms with E-state index >= 15 is 0 Å². The van der Waals surface area contributed by atoms with Crippen LogP contribution >= 0.6 is 0 Å². The van der Waals surface area contributed by atoms with Gasteiger partial charge in [-0.2, -0.15) is 0 Å². The van der Waals surface area contributed by atoms with Crippen molar-refractivity contribution in [1.29, 1.82) is 0 Å². The van der Waals surface area contributed by atoms with Gasteiger partial charge >= 0.3 is 0 Å². The van der Waals surface area contributed by atoms with Gasteiger partial charge in [0.15, 0.2) is 0 Å². The molecule has 0 saturated carbocycles. The molecule has 5 heteroatoms. The van der Waals surface area contributed by atoms with E-state index in [1.807, 2.05) is 61.5 Å². The highest BCUT2D eigenvalue weighted by molar-refractivity contribution is 5.51. The first-order valence-corrected chi connectivity index (χ1v) is 8.53. The van der Waals surface area contributed by atoms with Crippen LogP contribution in [-0.2, 0) is 0 Å². The quantitative estimate of drug-likeness (QED) is 0.545. The lowest BCUT2D eigenvalue weighted by atomic mass is 10.0. The monoisotopic (exact) mass is 345 g/mol. The van der Waals surface area contributed by atoms with Crippen LogP contribution in [0.25, 0.3) is 11.5 Å². The highest BCUT2D eigenvalue weighted by Crippen LogP contribution is 2.27. The molecule has 0 aliphatic rings. The zero-order chi connectivity index (χ0) is 17.8. The maximum absolute atomic E-state index is 5.88. The van der Waals surface area contributed by atoms with Gasteiger partial charge < -0.3 is 8.83 Å². The standard InChI is InChI=1S/C21H19N3O2/c1-15(20-23-24-21(26-20)17-10-6-3-7-11-17)22-19(18-12-13-25-14-18)16-8-4-2-5-9-16/h2-15,19,22H,1H3. The van der Waals surface area contributed by atoms with Crippen molar-refractivity contribution in [3.8, 4) is 11.5 Å². The van der Waals surface area contributed by atoms with Crippen LogP contribution in [0.2, 0.25) is 0 Å². The largest absolute Gasteiger partial charge is 0.472 e. The minimum atomic E-state index is -0.125. The summed E-state index contributed by atoms with van der Waals surface area (Å²) in [7, 11) is 0. The van der Waals surface area contributed by atoms with Crippen LogP contribution in [0.4, 0.5) is 0 Å². The Morgan fingerprint density at radius 1 is 0.846 bits per heavy atom. The lowest BCUT2D eigenvalue weighted by molar-refractivity contribution is 0.402. The van der Waals surface area contributed by atoms with Gasteiger partial charge in [0.2, 0.25) is 11.8 Å². The number of hydrogen-bond acceptors (Lipinski definition) is 5. The predicted molar refractivity (Wildman–Crippen MR) is 98.3 cm³/mol. The summed E-state index contributed by atoms with van der Waals surface area (Å²) in [6.45, 7) is 2.01. The topological polar surface area (TPSA) is 64.1 Å². The summed E-state index contributed by atoms with van der Waals surface area (Å²) in [6.07, 6.45) is 3.43. The molecule has 130 valence electrons. The van der Waals surface area contributed by atoms with Crippen molar-refractivity contribution in [3.05, 3.63) is 96.3 Å². The van der Waals surface area contributed by atoms with Crippen molar-refractivity contribution in [2.45, 2.75) is 19.0 Å². The normalized spacial score (nSPS) is 13.4. The second-order valence-electron chi connectivity index (χ2n) is 6.10. The Morgan fingerprint density at radius 3 is 2.27 bits per heavy atom. The SMILES string of the molecule is CC(NC(c1ccccc1)c1ccoc1)c1nnc(-c2ccccc2)o1. The summed E-state index contributed by atoms with van der Waals surface area (Å²) in [5.74, 6) is 1.07. The molecule has 4 rings (SSSR count). The molecule has 0 fully saturated rings. The third kappa shape index (κ3) is 3.43. The van der Waals surface area contributed by atoms with Crippen molar-refractivity contribution >= 4 is 0 Å². The molecule has 0 saturated heterocycles. The minimum Gasteiger partial charge on any atom is -0.472 e. The van der Waals surface area contributed by atoms with Crippen molar-refractivity contribution in [1.82, 2.24) is 15.5 Å². The van der Waals surface area contributed by atoms with E-state index in [9.17, 15) is 0 Å². The number of aromatic nitrogens is 2. The molecule has 4 aromatic rings. The number of nitrogens with one attached hydrogen (secondary N) is 1. The Morgan fingerprint density at radius 2 is 1.58 bits per heavy atom. The third-order valence-corrected chi connectivity index (χ3v) is 4.26. The fourth-order valence-corrected chi connectivity index (χ4v) is 2.90. The molecule has 0 spiro atoms. The summed E-state index contributed by atoms with van der Waals surface area (Å²) in [4.78, 5) is 0. The molecule has 5 nitrogen and oxygen atoms in total. The van der Waals surface area contributed by atoms with Crippen LogP contribution in [0, 0.1) is 0 Å². The Hall–Kier alpha value is -3.18. The first-order valence-electron chi connectivity index (χ1n) is 8.53. The van der Waals surface area contributed by atoms with Gasteiger partial charge in [0, 0.05) is 11.1 Å². The van der Waals surface area contributed by atoms with E-state index in [1.54, 1.807) is 12.5 Å². The Balaban J connectivity index is 1.57. The lowest BCUT2D eigenvalue weighted by Crippen LogP contribution is -2.25. The molecule has 1 N–H and O–H groups in total. The molecular formula is C21H19N3O2. The summed E-state index contributed by atoms with van der Waals surface area (Å²) in [5.41, 5.74) is 3.10. The second kappa shape index (κ2) is 7.37. The second-order valence-corrected chi connectivity index (χ2v) is 6.10. The molecule has 0 amide bonds. The number of nitrogens with zero attached hydrogens (tertiary/aromatic N) is 2. The van der Waals surface area contributed by atoms with Crippen LogP contribution in [-0.4, -0.2) is 10.2 Å². The van der Waals surface area contributed by atoms with Crippen LogP contribution in [0.5, 0.6) is 0 Å². The summed E-state index contributed by atoms with van der Waals surface area (Å²) >= 11 is 0. The van der Waals surface area contributed by atoms with Gasteiger partial charge in [-0.3, -0.25) is 5.32 Å². The average molecular weight is 345 g/mol. The lowest BCUT2D eigenvalue weighted by Gasteiger charge is -2.21. The van der Waals surface area contributed by atoms with E-state index in [2.05, 4.69) is 27.6 Å². The zero-order valence-corrected chi connectivity index (χ0v) is 14.4. The molecule has 0 aliphatic carbocycles. The first-order chi connectivity index (χ1) is 12.8. The Kier molecular flexibility index (Phi) is 4.62. The molecule has 2 aromatic heterocycles. The number of hydrogen-bond donors (Lipinski definition) is 1. The van der Waals surface area contributed by atoms with Gasteiger partial charge in [-0.25, -0.2) is 0 Å². The van der Waals surface area contributed by atoms with Gasteiger partial charge in [-0.15, -0.1) is 10.2 Å². The Labute approximate surface area is 151 Å². The van der Waals surface area contributed by atoms with Crippen molar-refractivity contribution in [2.24, 2.45) is 0 Å². The summed E-state index contributed by atoms with van der Waals surface area (Å²) in [6, 6.07) is 21.8. The van der Waals surface area contributed by atoms with Gasteiger partial charge in [0.05, 0.1) is 24.6 Å². The van der Waals surface area contributed by atoms with Crippen molar-refractivity contribution in [2.75, 3.05) is 0 Å². The highest BCUT2D eigenvalue weighted by atomic mass is 16.4. The van der Waals surface area contributed by atoms with Crippen LogP contribution in [0.1, 0.15) is 36.0 Å². The van der Waals surface area contributed by atoms with Crippen molar-refractivity contribution in [3.63, 3.8) is 0 Å². The molecule has 2 heterocycles. The van der Waals surface area contributed by atoms with E-state index in [1.165, 1.54) is 0 Å². The molecule has 2 aromatic carbocycles. The summed E-state index contributed by atoms with van der Waals surface area (Å²) in [5, 5.41) is 12.0. The molecule has 2 atom stereocenters. The van der Waals surface area contributed by atoms with Crippen molar-refractivity contribution < 1.29 is 8.83 Å². The van der Waals surface area contributed by atoms with Gasteiger partial charge in [-0.1, -0.05) is 48.5 Å². The smallest absolute Gasteiger partial charge is 0.247 e. The fourth-order valence-electron chi connectivity index (χ4n) is 2.90. The van der Waals surface area contributed by atoms with E-state index in [-0.39, 0.29) is 12.1 Å². The fraction of sp³-hybridized carbons (Fsp3) is 0.143. The minimum absolute atomic E-state index is 0.0305. The molecular weight excluding hydrogens is 326 g/mol. The van der Waals surface area contributed by atoms with Gasteiger partial charge in [0.1, 0.15) is 0 Å². The van der Waals surface area contributed by atoms with Crippen LogP contribution < -0.4 is 5.32 Å². The molecule has 2 unspecified atom stereocenters. The molecule has 0 aliphatic heterocycles. The average Bonchev–Trinajstić information content (AvgIpc) is 3.39. The first kappa shape index (κ1) is 16.3. The highest BCUT2D eigenvalue weighted by Gasteiger charge is 2.22. The Bertz CT molecular complexity index is 934. The zero-order valence-electron chi connectivity index (χ0n) is 14.4. The maximum atomic E-state index is 5.88. The molecule has 0 bridgehead atoms. The third-order valence-electron chi connectivity index (χ3n) is 4.26. The van der Waals surface area contributed by atoms with Gasteiger partial charge in [-0.05, 0) is 30.7 Å². The summed E-state index contributed by atoms with van der Waals surface area (Å²) < 4.78 is 11.2. The molecule has 0 radical (unpaired) electrons. The van der Waals surface area contributed by atoms with Gasteiger partial charge in [0.25, 0.3) is 0 Å². The maximum Gasteiger partial charge on any atom is 0.247 e. The van der Waals surface area contributed by atoms with E-state index in [0.717, 1.165) is 16.7 Å². The predicted octanol–water partition coefficient (Wildman–Crippen LogP) is 4.77. The van der Waals surface area contributed by atoms with E-state index in [0.29, 0.717) is 11.8 Å².